The molecule has 2 N–H and O–H groups in total. The van der Waals surface area contributed by atoms with Crippen LogP contribution in [0.15, 0.2) is 0 Å². The van der Waals surface area contributed by atoms with Crippen molar-refractivity contribution in [3.8, 4) is 0 Å². The van der Waals surface area contributed by atoms with E-state index in [0.717, 1.165) is 0 Å². The molecule has 0 aromatic carbocycles. The monoisotopic (exact) mass is 370 g/mol. The van der Waals surface area contributed by atoms with Gasteiger partial charge in [0.2, 0.25) is 5.28 Å². The smallest absolute Gasteiger partial charge is 0.407 e. The first kappa shape index (κ1) is 19.2. The van der Waals surface area contributed by atoms with Crippen molar-refractivity contribution in [2.45, 2.75) is 52.2 Å². The predicted octanol–water partition coefficient (Wildman–Crippen LogP) is 2.63. The van der Waals surface area contributed by atoms with Gasteiger partial charge in [-0.15, -0.1) is 0 Å². The van der Waals surface area contributed by atoms with Crippen LogP contribution >= 0.6 is 11.6 Å². The predicted molar refractivity (Wildman–Crippen MR) is 93.3 cm³/mol. The molecule has 1 aliphatic rings. The molecule has 0 atom stereocenters. The molecular weight excluding hydrogens is 348 g/mol. The van der Waals surface area contributed by atoms with Gasteiger partial charge in [-0.2, -0.15) is 0 Å². The van der Waals surface area contributed by atoms with E-state index in [1.165, 1.54) is 0 Å². The number of nitrogens with one attached hydrogen (secondary N) is 1. The lowest BCUT2D eigenvalue weighted by atomic mass is 10.0. The van der Waals surface area contributed by atoms with Crippen LogP contribution in [0, 0.1) is 6.92 Å². The quantitative estimate of drug-likeness (QED) is 0.788. The molecule has 1 fully saturated rings. The minimum absolute atomic E-state index is 0.00246. The molecule has 1 aromatic heterocycles. The first-order valence-electron chi connectivity index (χ1n) is 8.08. The maximum Gasteiger partial charge on any atom is 0.407 e. The first-order valence-corrected chi connectivity index (χ1v) is 8.46. The van der Waals surface area contributed by atoms with Crippen LogP contribution in [0.2, 0.25) is 5.28 Å². The summed E-state index contributed by atoms with van der Waals surface area (Å²) in [4.78, 5) is 33.0. The Kier molecular flexibility index (Phi) is 5.72. The van der Waals surface area contributed by atoms with Crippen LogP contribution in [0.3, 0.4) is 0 Å². The molecule has 0 radical (unpaired) electrons. The normalized spacial score (nSPS) is 15.8. The lowest BCUT2D eigenvalue weighted by Crippen LogP contribution is -2.46. The Morgan fingerprint density at radius 2 is 1.88 bits per heavy atom. The van der Waals surface area contributed by atoms with Gasteiger partial charge in [-0.3, -0.25) is 0 Å². The first-order chi connectivity index (χ1) is 11.6. The zero-order valence-electron chi connectivity index (χ0n) is 14.8. The molecule has 0 unspecified atom stereocenters. The number of halogens is 1. The summed E-state index contributed by atoms with van der Waals surface area (Å²) < 4.78 is 5.26. The van der Waals surface area contributed by atoms with E-state index >= 15 is 0 Å². The molecule has 8 nitrogen and oxygen atoms in total. The number of anilines is 1. The Labute approximate surface area is 151 Å². The molecule has 25 heavy (non-hydrogen) atoms. The van der Waals surface area contributed by atoms with Gasteiger partial charge in [0.05, 0.1) is 0 Å². The van der Waals surface area contributed by atoms with Gasteiger partial charge in [-0.1, -0.05) is 0 Å². The van der Waals surface area contributed by atoms with Crippen molar-refractivity contribution in [1.82, 2.24) is 15.3 Å². The third-order valence-electron chi connectivity index (χ3n) is 3.81. The fourth-order valence-corrected chi connectivity index (χ4v) is 2.87. The number of alkyl carbamates (subject to hydrolysis) is 1. The van der Waals surface area contributed by atoms with Gasteiger partial charge < -0.3 is 20.1 Å². The molecule has 0 bridgehead atoms. The van der Waals surface area contributed by atoms with E-state index in [-0.39, 0.29) is 17.0 Å². The van der Waals surface area contributed by atoms with Crippen LogP contribution in [0.1, 0.15) is 49.7 Å². The second-order valence-electron chi connectivity index (χ2n) is 7.00. The van der Waals surface area contributed by atoms with Crippen molar-refractivity contribution in [2.24, 2.45) is 0 Å². The molecule has 9 heteroatoms. The zero-order valence-corrected chi connectivity index (χ0v) is 15.6. The van der Waals surface area contributed by atoms with Gasteiger partial charge in [-0.25, -0.2) is 19.6 Å². The number of aromatic carboxylic acids is 1. The van der Waals surface area contributed by atoms with Crippen molar-refractivity contribution in [1.29, 1.82) is 0 Å². The highest BCUT2D eigenvalue weighted by atomic mass is 35.5. The Balaban J connectivity index is 2.01. The van der Waals surface area contributed by atoms with Crippen LogP contribution in [-0.2, 0) is 4.74 Å². The summed E-state index contributed by atoms with van der Waals surface area (Å²) in [6.45, 7) is 8.35. The second-order valence-corrected chi connectivity index (χ2v) is 7.34. The van der Waals surface area contributed by atoms with Gasteiger partial charge in [0.1, 0.15) is 11.4 Å². The third-order valence-corrected chi connectivity index (χ3v) is 3.98. The lowest BCUT2D eigenvalue weighted by Gasteiger charge is -2.34. The molecule has 1 saturated heterocycles. The Morgan fingerprint density at radius 3 is 2.40 bits per heavy atom. The highest BCUT2D eigenvalue weighted by Gasteiger charge is 2.26. The van der Waals surface area contributed by atoms with Gasteiger partial charge >= 0.3 is 12.1 Å². The second kappa shape index (κ2) is 7.43. The summed E-state index contributed by atoms with van der Waals surface area (Å²) in [7, 11) is 0. The van der Waals surface area contributed by atoms with Crippen LogP contribution in [-0.4, -0.2) is 51.9 Å². The maximum atomic E-state index is 11.8. The minimum Gasteiger partial charge on any atom is -0.476 e. The standard InChI is InChI=1S/C16H23ClN4O4/c1-9-11(13(22)23)19-14(17)20-12(9)21-7-5-10(6-8-21)18-15(24)25-16(2,3)4/h10H,5-8H2,1-4H3,(H,18,24)(H,22,23). The van der Waals surface area contributed by atoms with Crippen LogP contribution in [0.5, 0.6) is 0 Å². The van der Waals surface area contributed by atoms with E-state index in [2.05, 4.69) is 15.3 Å². The number of rotatable bonds is 3. The maximum absolute atomic E-state index is 11.8. The highest BCUT2D eigenvalue weighted by molar-refractivity contribution is 6.28. The summed E-state index contributed by atoms with van der Waals surface area (Å²) in [5, 5.41) is 12.0. The Morgan fingerprint density at radius 1 is 1.28 bits per heavy atom. The number of amides is 1. The fraction of sp³-hybridized carbons (Fsp3) is 0.625. The summed E-state index contributed by atoms with van der Waals surface area (Å²) in [6, 6.07) is 0.00246. The number of aromatic nitrogens is 2. The number of piperidine rings is 1. The van der Waals surface area contributed by atoms with E-state index in [0.29, 0.717) is 37.3 Å². The van der Waals surface area contributed by atoms with Gasteiger partial charge in [0.25, 0.3) is 0 Å². The highest BCUT2D eigenvalue weighted by Crippen LogP contribution is 2.25. The minimum atomic E-state index is -1.13. The molecule has 0 aliphatic carbocycles. The number of carbonyl (C=O) groups excluding carboxylic acids is 1. The van der Waals surface area contributed by atoms with E-state index in [1.807, 2.05) is 25.7 Å². The van der Waals surface area contributed by atoms with Crippen LogP contribution in [0.4, 0.5) is 10.6 Å². The number of nitrogens with zero attached hydrogens (tertiary/aromatic N) is 3. The molecule has 1 amide bonds. The SMILES string of the molecule is Cc1c(C(=O)O)nc(Cl)nc1N1CCC(NC(=O)OC(C)(C)C)CC1. The van der Waals surface area contributed by atoms with Crippen molar-refractivity contribution < 1.29 is 19.4 Å². The van der Waals surface area contributed by atoms with E-state index in [4.69, 9.17) is 16.3 Å². The summed E-state index contributed by atoms with van der Waals surface area (Å²) in [6.07, 6.45) is 0.964. The van der Waals surface area contributed by atoms with Gasteiger partial charge in [-0.05, 0) is 52.1 Å². The number of ether oxygens (including phenoxy) is 1. The number of hydrogen-bond acceptors (Lipinski definition) is 6. The largest absolute Gasteiger partial charge is 0.476 e. The summed E-state index contributed by atoms with van der Waals surface area (Å²) >= 11 is 5.86. The number of carboxylic acid groups (broad SMARTS) is 1. The van der Waals surface area contributed by atoms with Crippen LogP contribution < -0.4 is 10.2 Å². The third kappa shape index (κ3) is 5.19. The van der Waals surface area contributed by atoms with Gasteiger partial charge in [0.15, 0.2) is 5.69 Å². The van der Waals surface area contributed by atoms with Crippen molar-refractivity contribution in [3.63, 3.8) is 0 Å². The average Bonchev–Trinajstić information content (AvgIpc) is 2.48. The van der Waals surface area contributed by atoms with E-state index in [9.17, 15) is 14.7 Å². The molecule has 0 spiro atoms. The van der Waals surface area contributed by atoms with Crippen molar-refractivity contribution in [2.75, 3.05) is 18.0 Å². The molecule has 1 aliphatic heterocycles. The number of carbonyl (C=O) groups is 2. The molecular formula is C16H23ClN4O4. The zero-order chi connectivity index (χ0) is 18.8. The van der Waals surface area contributed by atoms with Gasteiger partial charge in [0, 0.05) is 24.7 Å². The lowest BCUT2D eigenvalue weighted by molar-refractivity contribution is 0.0496. The number of carboxylic acids is 1. The van der Waals surface area contributed by atoms with Crippen molar-refractivity contribution in [3.05, 3.63) is 16.5 Å². The Hall–Kier alpha value is -2.09. The van der Waals surface area contributed by atoms with Crippen LogP contribution in [0.25, 0.3) is 0 Å². The molecule has 2 heterocycles. The molecule has 0 saturated carbocycles. The Bertz CT molecular complexity index is 667. The van der Waals surface area contributed by atoms with E-state index < -0.39 is 17.7 Å². The molecule has 1 aromatic rings. The molecule has 2 rings (SSSR count). The molecule has 138 valence electrons. The summed E-state index contributed by atoms with van der Waals surface area (Å²) in [5.41, 5.74) is -0.146. The topological polar surface area (TPSA) is 105 Å². The van der Waals surface area contributed by atoms with Crippen molar-refractivity contribution >= 4 is 29.5 Å². The van der Waals surface area contributed by atoms with E-state index in [1.54, 1.807) is 6.92 Å². The number of hydrogen-bond donors (Lipinski definition) is 2. The summed E-state index contributed by atoms with van der Waals surface area (Å²) in [5.74, 6) is -0.613. The fourth-order valence-electron chi connectivity index (χ4n) is 2.70. The average molecular weight is 371 g/mol.